The van der Waals surface area contributed by atoms with Gasteiger partial charge in [0.15, 0.2) is 0 Å². The third kappa shape index (κ3) is 4.82. The van der Waals surface area contributed by atoms with Gasteiger partial charge in [-0.15, -0.1) is 0 Å². The minimum atomic E-state index is 1.12. The van der Waals surface area contributed by atoms with Crippen molar-refractivity contribution in [3.05, 3.63) is 183 Å². The highest BCUT2D eigenvalue weighted by molar-refractivity contribution is 6.17. The second-order valence-electron chi connectivity index (χ2n) is 13.0. The third-order valence-electron chi connectivity index (χ3n) is 10.3. The Hall–Kier alpha value is -6.84. The molecule has 0 aliphatic heterocycles. The summed E-state index contributed by atoms with van der Waals surface area (Å²) in [4.78, 5) is 12.4. The molecule has 0 radical (unpaired) electrons. The number of benzene rings is 7. The summed E-state index contributed by atoms with van der Waals surface area (Å²) >= 11 is 0. The van der Waals surface area contributed by atoms with Crippen LogP contribution in [0.3, 0.4) is 0 Å². The van der Waals surface area contributed by atoms with Crippen LogP contribution in [-0.4, -0.2) is 15.0 Å². The van der Waals surface area contributed by atoms with Crippen molar-refractivity contribution in [3.8, 4) is 55.6 Å². The van der Waals surface area contributed by atoms with Gasteiger partial charge in [-0.1, -0.05) is 127 Å². The quantitative estimate of drug-likeness (QED) is 0.202. The van der Waals surface area contributed by atoms with Crippen LogP contribution in [0.15, 0.2) is 183 Å². The molecule has 3 heterocycles. The van der Waals surface area contributed by atoms with Crippen molar-refractivity contribution >= 4 is 43.4 Å². The second-order valence-corrected chi connectivity index (χ2v) is 13.0. The van der Waals surface area contributed by atoms with E-state index in [1.807, 2.05) is 24.8 Å². The van der Waals surface area contributed by atoms with Gasteiger partial charge in [-0.2, -0.15) is 0 Å². The number of rotatable bonds is 5. The lowest BCUT2D eigenvalue weighted by Crippen LogP contribution is -1.90. The Bertz CT molecular complexity index is 2890. The zero-order valence-corrected chi connectivity index (χ0v) is 27.7. The van der Waals surface area contributed by atoms with Gasteiger partial charge in [0.1, 0.15) is 0 Å². The number of fused-ring (bicyclic) bond motifs is 5. The summed E-state index contributed by atoms with van der Waals surface area (Å²) in [6.45, 7) is 0. The lowest BCUT2D eigenvalue weighted by Gasteiger charge is -2.16. The molecular weight excluding hydrogens is 619 g/mol. The Labute approximate surface area is 295 Å². The predicted octanol–water partition coefficient (Wildman–Crippen LogP) is 12.8. The first-order valence-corrected chi connectivity index (χ1v) is 17.3. The highest BCUT2D eigenvalue weighted by Gasteiger charge is 2.19. The van der Waals surface area contributed by atoms with E-state index in [0.29, 0.717) is 0 Å². The topological polar surface area (TPSA) is 41.6 Å². The fourth-order valence-corrected chi connectivity index (χ4v) is 7.92. The molecule has 0 unspecified atom stereocenters. The first-order valence-electron chi connectivity index (χ1n) is 17.3. The number of aromatic nitrogens is 3. The van der Waals surface area contributed by atoms with Crippen LogP contribution < -0.4 is 0 Å². The Morgan fingerprint density at radius 1 is 0.314 bits per heavy atom. The molecule has 0 amide bonds. The summed E-state index contributed by atoms with van der Waals surface area (Å²) < 4.78 is 0. The van der Waals surface area contributed by atoms with E-state index in [-0.39, 0.29) is 0 Å². The molecule has 51 heavy (non-hydrogen) atoms. The Balaban J connectivity index is 1.18. The lowest BCUT2D eigenvalue weighted by atomic mass is 9.87. The largest absolute Gasteiger partial charge is 0.354 e. The standard InChI is InChI=1S/C48H31N3/c1-2-8-33(9-3-1)47-44(42-19-18-36(32-24-28-50-29-25-32)39-11-6-7-13-41(39)42)20-21-45-43-15-14-34(30-46(43)51-48(45)47)37-17-16-35(31-22-26-49-27-23-31)38-10-4-5-12-40(37)38/h1-30,51H. The fraction of sp³-hybridized carbons (Fsp3) is 0. The van der Waals surface area contributed by atoms with Gasteiger partial charge in [-0.25, -0.2) is 0 Å². The summed E-state index contributed by atoms with van der Waals surface area (Å²) in [6, 6.07) is 57.1. The van der Waals surface area contributed by atoms with Crippen LogP contribution >= 0.6 is 0 Å². The number of hydrogen-bond donors (Lipinski definition) is 1. The van der Waals surface area contributed by atoms with Crippen molar-refractivity contribution < 1.29 is 0 Å². The molecule has 0 aliphatic rings. The number of aromatic amines is 1. The maximum atomic E-state index is 4.25. The molecule has 3 nitrogen and oxygen atoms in total. The molecule has 0 atom stereocenters. The average Bonchev–Trinajstić information content (AvgIpc) is 3.58. The molecular formula is C48H31N3. The van der Waals surface area contributed by atoms with Gasteiger partial charge in [0.25, 0.3) is 0 Å². The van der Waals surface area contributed by atoms with Gasteiger partial charge >= 0.3 is 0 Å². The predicted molar refractivity (Wildman–Crippen MR) is 214 cm³/mol. The molecule has 0 saturated carbocycles. The van der Waals surface area contributed by atoms with Gasteiger partial charge in [0, 0.05) is 46.6 Å². The molecule has 10 rings (SSSR count). The van der Waals surface area contributed by atoms with Crippen LogP contribution in [0.2, 0.25) is 0 Å². The van der Waals surface area contributed by atoms with Crippen molar-refractivity contribution in [2.45, 2.75) is 0 Å². The SMILES string of the molecule is c1ccc(-c2c(-c3ccc(-c4ccncc4)c4ccccc34)ccc3c2[nH]c2cc(-c4ccc(-c5ccncc5)c5ccccc45)ccc23)cc1. The molecule has 238 valence electrons. The minimum Gasteiger partial charge on any atom is -0.354 e. The van der Waals surface area contributed by atoms with E-state index in [1.165, 1.54) is 82.4 Å². The Morgan fingerprint density at radius 3 is 1.37 bits per heavy atom. The van der Waals surface area contributed by atoms with E-state index < -0.39 is 0 Å². The van der Waals surface area contributed by atoms with E-state index >= 15 is 0 Å². The van der Waals surface area contributed by atoms with Gasteiger partial charge < -0.3 is 4.98 Å². The number of H-pyrrole nitrogens is 1. The van der Waals surface area contributed by atoms with Gasteiger partial charge in [0.2, 0.25) is 0 Å². The molecule has 0 aliphatic carbocycles. The van der Waals surface area contributed by atoms with Crippen LogP contribution in [0.5, 0.6) is 0 Å². The Kier molecular flexibility index (Phi) is 6.81. The van der Waals surface area contributed by atoms with E-state index in [0.717, 1.165) is 16.6 Å². The average molecular weight is 650 g/mol. The Morgan fingerprint density at radius 2 is 0.784 bits per heavy atom. The molecule has 0 spiro atoms. The van der Waals surface area contributed by atoms with Crippen molar-refractivity contribution in [1.29, 1.82) is 0 Å². The molecule has 7 aromatic carbocycles. The monoisotopic (exact) mass is 649 g/mol. The molecule has 1 N–H and O–H groups in total. The smallest absolute Gasteiger partial charge is 0.0550 e. The van der Waals surface area contributed by atoms with Crippen molar-refractivity contribution in [2.75, 3.05) is 0 Å². The number of nitrogens with zero attached hydrogens (tertiary/aromatic N) is 2. The molecule has 3 heteroatoms. The summed E-state index contributed by atoms with van der Waals surface area (Å²) in [6.07, 6.45) is 7.44. The first kappa shape index (κ1) is 29.1. The molecule has 3 aromatic heterocycles. The molecule has 0 saturated heterocycles. The van der Waals surface area contributed by atoms with Crippen molar-refractivity contribution in [2.24, 2.45) is 0 Å². The molecule has 10 aromatic rings. The normalized spacial score (nSPS) is 11.5. The van der Waals surface area contributed by atoms with E-state index in [4.69, 9.17) is 0 Å². The number of pyridine rings is 2. The lowest BCUT2D eigenvalue weighted by molar-refractivity contribution is 1.33. The van der Waals surface area contributed by atoms with Gasteiger partial charge in [-0.05, 0) is 102 Å². The summed E-state index contributed by atoms with van der Waals surface area (Å²) in [5.41, 5.74) is 14.2. The minimum absolute atomic E-state index is 1.12. The summed E-state index contributed by atoms with van der Waals surface area (Å²) in [5.74, 6) is 0. The van der Waals surface area contributed by atoms with E-state index in [9.17, 15) is 0 Å². The zero-order chi connectivity index (χ0) is 33.7. The van der Waals surface area contributed by atoms with Crippen molar-refractivity contribution in [3.63, 3.8) is 0 Å². The van der Waals surface area contributed by atoms with Gasteiger partial charge in [-0.3, -0.25) is 9.97 Å². The fourth-order valence-electron chi connectivity index (χ4n) is 7.92. The van der Waals surface area contributed by atoms with Crippen LogP contribution in [0.1, 0.15) is 0 Å². The highest BCUT2D eigenvalue weighted by atomic mass is 14.7. The maximum absolute atomic E-state index is 4.25. The van der Waals surface area contributed by atoms with E-state index in [1.54, 1.807) is 0 Å². The number of nitrogens with one attached hydrogen (secondary N) is 1. The molecule has 0 bridgehead atoms. The third-order valence-corrected chi connectivity index (χ3v) is 10.3. The number of hydrogen-bond acceptors (Lipinski definition) is 2. The van der Waals surface area contributed by atoms with Crippen LogP contribution in [0.25, 0.3) is 99.0 Å². The second kappa shape index (κ2) is 11.9. The van der Waals surface area contributed by atoms with E-state index in [2.05, 4.69) is 173 Å². The highest BCUT2D eigenvalue weighted by Crippen LogP contribution is 2.45. The first-order chi connectivity index (χ1) is 25.3. The zero-order valence-electron chi connectivity index (χ0n) is 27.7. The van der Waals surface area contributed by atoms with Crippen molar-refractivity contribution in [1.82, 2.24) is 15.0 Å². The van der Waals surface area contributed by atoms with Gasteiger partial charge in [0.05, 0.1) is 5.52 Å². The summed E-state index contributed by atoms with van der Waals surface area (Å²) in [7, 11) is 0. The van der Waals surface area contributed by atoms with Crippen LogP contribution in [0.4, 0.5) is 0 Å². The summed E-state index contributed by atoms with van der Waals surface area (Å²) in [5, 5.41) is 7.35. The van der Waals surface area contributed by atoms with Crippen LogP contribution in [0, 0.1) is 0 Å². The van der Waals surface area contributed by atoms with Crippen LogP contribution in [-0.2, 0) is 0 Å². The maximum Gasteiger partial charge on any atom is 0.0550 e. The molecule has 0 fully saturated rings.